The molecule has 0 unspecified atom stereocenters. The third kappa shape index (κ3) is 1.15. The van der Waals surface area contributed by atoms with Crippen molar-refractivity contribution in [3.63, 3.8) is 0 Å². The van der Waals surface area contributed by atoms with Crippen LogP contribution in [0.5, 0.6) is 0 Å². The minimum absolute atomic E-state index is 0.0868. The van der Waals surface area contributed by atoms with Gasteiger partial charge in [0.2, 0.25) is 5.95 Å². The minimum Gasteiger partial charge on any atom is -0.342 e. The highest BCUT2D eigenvalue weighted by Crippen LogP contribution is 2.21. The zero-order valence-electron chi connectivity index (χ0n) is 10.4. The molecule has 6 heteroatoms. The Morgan fingerprint density at radius 1 is 1.11 bits per heavy atom. The molecular weight excluding hydrogens is 230 g/mol. The summed E-state index contributed by atoms with van der Waals surface area (Å²) in [5.74, 6) is 1.41. The van der Waals surface area contributed by atoms with E-state index in [9.17, 15) is 4.79 Å². The first-order chi connectivity index (χ1) is 8.75. The van der Waals surface area contributed by atoms with Crippen molar-refractivity contribution in [2.75, 3.05) is 18.5 Å². The van der Waals surface area contributed by atoms with Crippen molar-refractivity contribution in [3.05, 3.63) is 21.6 Å². The number of aryl methyl sites for hydroxylation is 1. The monoisotopic (exact) mass is 245 g/mol. The van der Waals surface area contributed by atoms with Gasteiger partial charge in [-0.2, -0.15) is 9.50 Å². The first-order valence-corrected chi connectivity index (χ1v) is 6.48. The van der Waals surface area contributed by atoms with E-state index in [0.29, 0.717) is 5.78 Å². The molecule has 0 N–H and O–H groups in total. The molecule has 2 aromatic rings. The van der Waals surface area contributed by atoms with E-state index in [4.69, 9.17) is 0 Å². The van der Waals surface area contributed by atoms with Gasteiger partial charge in [0.05, 0.1) is 12.2 Å². The molecule has 1 aliphatic heterocycles. The Hall–Kier alpha value is -1.85. The van der Waals surface area contributed by atoms with Gasteiger partial charge in [0.15, 0.2) is 0 Å². The molecule has 0 bridgehead atoms. The number of likely N-dealkylation sites (N-methyl/N-ethyl adjacent to an activating group) is 1. The predicted octanol–water partition coefficient (Wildman–Crippen LogP) is 0.220. The van der Waals surface area contributed by atoms with Crippen LogP contribution in [0.3, 0.4) is 0 Å². The van der Waals surface area contributed by atoms with E-state index in [2.05, 4.69) is 14.9 Å². The number of hydrogen-bond donors (Lipinski definition) is 0. The van der Waals surface area contributed by atoms with E-state index in [1.165, 1.54) is 0 Å². The van der Waals surface area contributed by atoms with Crippen LogP contribution in [0, 0.1) is 0 Å². The first-order valence-electron chi connectivity index (χ1n) is 6.48. The van der Waals surface area contributed by atoms with Crippen LogP contribution in [0.1, 0.15) is 24.1 Å². The highest BCUT2D eigenvalue weighted by atomic mass is 16.1. The van der Waals surface area contributed by atoms with Crippen LogP contribution >= 0.6 is 0 Å². The van der Waals surface area contributed by atoms with Gasteiger partial charge >= 0.3 is 0 Å². The molecule has 4 rings (SSSR count). The fraction of sp³-hybridized carbons (Fsp3) is 0.583. The lowest BCUT2D eigenvalue weighted by molar-refractivity contribution is 0.598. The molecule has 3 heterocycles. The smallest absolute Gasteiger partial charge is 0.277 e. The van der Waals surface area contributed by atoms with Gasteiger partial charge in [-0.1, -0.05) is 0 Å². The van der Waals surface area contributed by atoms with Crippen molar-refractivity contribution >= 4 is 11.7 Å². The lowest BCUT2D eigenvalue weighted by atomic mass is 9.97. The van der Waals surface area contributed by atoms with Gasteiger partial charge in [-0.25, -0.2) is 9.67 Å². The summed E-state index contributed by atoms with van der Waals surface area (Å²) in [6.45, 7) is 1.71. The zero-order valence-corrected chi connectivity index (χ0v) is 10.4. The van der Waals surface area contributed by atoms with Gasteiger partial charge < -0.3 is 4.90 Å². The second-order valence-corrected chi connectivity index (χ2v) is 5.12. The fourth-order valence-electron chi connectivity index (χ4n) is 2.98. The van der Waals surface area contributed by atoms with Crippen LogP contribution in [0.4, 0.5) is 5.95 Å². The van der Waals surface area contributed by atoms with Crippen LogP contribution < -0.4 is 10.5 Å². The summed E-state index contributed by atoms with van der Waals surface area (Å²) in [5.41, 5.74) is 1.95. The van der Waals surface area contributed by atoms with Crippen LogP contribution in [-0.4, -0.2) is 32.8 Å². The Morgan fingerprint density at radius 2 is 1.94 bits per heavy atom. The summed E-state index contributed by atoms with van der Waals surface area (Å²) in [4.78, 5) is 23.7. The quantitative estimate of drug-likeness (QED) is 0.666. The van der Waals surface area contributed by atoms with E-state index in [-0.39, 0.29) is 5.56 Å². The second-order valence-electron chi connectivity index (χ2n) is 5.12. The average molecular weight is 245 g/mol. The molecular formula is C12H15N5O. The maximum Gasteiger partial charge on any atom is 0.277 e. The highest BCUT2D eigenvalue weighted by Gasteiger charge is 2.25. The fourth-order valence-corrected chi connectivity index (χ4v) is 2.98. The standard InChI is InChI=1S/C12H15N5O/c1-15-6-7-16-12(15)14-11-13-9-5-3-2-4-8(9)10(18)17(11)16/h2-7H2,1H3. The number of aromatic nitrogens is 4. The molecule has 2 aliphatic rings. The molecule has 2 aromatic heterocycles. The van der Waals surface area contributed by atoms with Gasteiger partial charge in [-0.3, -0.25) is 4.79 Å². The van der Waals surface area contributed by atoms with E-state index in [1.807, 2.05) is 11.7 Å². The summed E-state index contributed by atoms with van der Waals surface area (Å²) in [6.07, 6.45) is 4.00. The molecule has 0 saturated carbocycles. The topological polar surface area (TPSA) is 55.4 Å². The molecule has 0 fully saturated rings. The maximum absolute atomic E-state index is 12.5. The molecule has 1 aliphatic carbocycles. The second kappa shape index (κ2) is 3.34. The maximum atomic E-state index is 12.5. The van der Waals surface area contributed by atoms with E-state index < -0.39 is 0 Å². The number of fused-ring (bicyclic) bond motifs is 4. The van der Waals surface area contributed by atoms with E-state index in [1.54, 1.807) is 4.52 Å². The lowest BCUT2D eigenvalue weighted by Crippen LogP contribution is -2.28. The van der Waals surface area contributed by atoms with Crippen LogP contribution in [0.15, 0.2) is 4.79 Å². The molecule has 0 saturated heterocycles. The Morgan fingerprint density at radius 3 is 2.83 bits per heavy atom. The van der Waals surface area contributed by atoms with E-state index >= 15 is 0 Å². The highest BCUT2D eigenvalue weighted by molar-refractivity contribution is 5.44. The van der Waals surface area contributed by atoms with Crippen molar-refractivity contribution < 1.29 is 0 Å². The third-order valence-corrected chi connectivity index (χ3v) is 3.97. The summed E-state index contributed by atoms with van der Waals surface area (Å²) >= 11 is 0. The predicted molar refractivity (Wildman–Crippen MR) is 67.2 cm³/mol. The molecule has 0 atom stereocenters. The van der Waals surface area contributed by atoms with Crippen molar-refractivity contribution in [2.24, 2.45) is 0 Å². The van der Waals surface area contributed by atoms with Gasteiger partial charge in [-0.05, 0) is 25.7 Å². The van der Waals surface area contributed by atoms with Crippen molar-refractivity contribution in [1.82, 2.24) is 19.2 Å². The van der Waals surface area contributed by atoms with Crippen molar-refractivity contribution in [1.29, 1.82) is 0 Å². The van der Waals surface area contributed by atoms with Gasteiger partial charge in [-0.15, -0.1) is 0 Å². The van der Waals surface area contributed by atoms with E-state index in [0.717, 1.165) is 56.0 Å². The largest absolute Gasteiger partial charge is 0.342 e. The van der Waals surface area contributed by atoms with Crippen LogP contribution in [0.2, 0.25) is 0 Å². The summed E-state index contributed by atoms with van der Waals surface area (Å²) in [5, 5.41) is 0. The summed E-state index contributed by atoms with van der Waals surface area (Å²) < 4.78 is 3.60. The first kappa shape index (κ1) is 10.1. The molecule has 0 amide bonds. The summed E-state index contributed by atoms with van der Waals surface area (Å²) in [7, 11) is 2.00. The number of nitrogens with zero attached hydrogens (tertiary/aromatic N) is 5. The summed E-state index contributed by atoms with van der Waals surface area (Å²) in [6, 6.07) is 0. The SMILES string of the molecule is CN1CCn2c1nc1nc3c(c(=O)n12)CCCC3. The van der Waals surface area contributed by atoms with Gasteiger partial charge in [0, 0.05) is 19.2 Å². The normalized spacial score (nSPS) is 18.2. The van der Waals surface area contributed by atoms with Gasteiger partial charge in [0.1, 0.15) is 0 Å². The molecule has 18 heavy (non-hydrogen) atoms. The third-order valence-electron chi connectivity index (χ3n) is 3.97. The van der Waals surface area contributed by atoms with Crippen LogP contribution in [-0.2, 0) is 19.4 Å². The Labute approximate surface area is 104 Å². The Bertz CT molecular complexity index is 699. The molecule has 0 spiro atoms. The zero-order chi connectivity index (χ0) is 12.3. The number of anilines is 1. The van der Waals surface area contributed by atoms with Crippen LogP contribution in [0.25, 0.3) is 5.78 Å². The molecule has 6 nitrogen and oxygen atoms in total. The van der Waals surface area contributed by atoms with Gasteiger partial charge in [0.25, 0.3) is 11.3 Å². The average Bonchev–Trinajstić information content (AvgIpc) is 2.90. The lowest BCUT2D eigenvalue weighted by Gasteiger charge is -2.13. The van der Waals surface area contributed by atoms with Crippen molar-refractivity contribution in [3.8, 4) is 0 Å². The number of hydrogen-bond acceptors (Lipinski definition) is 4. The van der Waals surface area contributed by atoms with Crippen molar-refractivity contribution in [2.45, 2.75) is 32.2 Å². The molecule has 0 aromatic carbocycles. The Balaban J connectivity index is 2.09. The minimum atomic E-state index is 0.0868. The molecule has 94 valence electrons. The molecule has 0 radical (unpaired) electrons. The Kier molecular flexibility index (Phi) is 1.87. The number of rotatable bonds is 0.